The van der Waals surface area contributed by atoms with Gasteiger partial charge in [-0.3, -0.25) is 4.90 Å². The SMILES string of the molecule is Cc1cnc(Nc2ccc(OCCN3CCCC3)cc2)nc1Nc1ccc(C(F)(F)F)cc1.Cl. The van der Waals surface area contributed by atoms with E-state index in [0.29, 0.717) is 24.1 Å². The highest BCUT2D eigenvalue weighted by atomic mass is 35.5. The van der Waals surface area contributed by atoms with Gasteiger partial charge in [0.1, 0.15) is 18.2 Å². The van der Waals surface area contributed by atoms with Gasteiger partial charge in [-0.2, -0.15) is 18.2 Å². The van der Waals surface area contributed by atoms with Gasteiger partial charge in [-0.15, -0.1) is 12.4 Å². The molecule has 0 saturated carbocycles. The minimum absolute atomic E-state index is 0. The summed E-state index contributed by atoms with van der Waals surface area (Å²) in [4.78, 5) is 11.2. The quantitative estimate of drug-likeness (QED) is 0.390. The van der Waals surface area contributed by atoms with Crippen LogP contribution in [0.1, 0.15) is 24.0 Å². The summed E-state index contributed by atoms with van der Waals surface area (Å²) >= 11 is 0. The molecule has 4 rings (SSSR count). The molecule has 0 radical (unpaired) electrons. The minimum Gasteiger partial charge on any atom is -0.492 e. The Bertz CT molecular complexity index is 1060. The second-order valence-corrected chi connectivity index (χ2v) is 7.97. The third kappa shape index (κ3) is 6.98. The van der Waals surface area contributed by atoms with Gasteiger partial charge in [0, 0.05) is 29.7 Å². The van der Waals surface area contributed by atoms with Crippen molar-refractivity contribution in [1.82, 2.24) is 14.9 Å². The highest BCUT2D eigenvalue weighted by molar-refractivity contribution is 5.85. The maximum absolute atomic E-state index is 12.8. The summed E-state index contributed by atoms with van der Waals surface area (Å²) in [5, 5.41) is 6.19. The van der Waals surface area contributed by atoms with Crippen LogP contribution in [0.5, 0.6) is 5.75 Å². The fourth-order valence-electron chi connectivity index (χ4n) is 3.57. The van der Waals surface area contributed by atoms with Crippen molar-refractivity contribution in [2.24, 2.45) is 0 Å². The molecule has 1 fully saturated rings. The van der Waals surface area contributed by atoms with E-state index < -0.39 is 11.7 Å². The fraction of sp³-hybridized carbons (Fsp3) is 0.333. The molecule has 0 amide bonds. The predicted molar refractivity (Wildman–Crippen MR) is 130 cm³/mol. The summed E-state index contributed by atoms with van der Waals surface area (Å²) in [6, 6.07) is 12.4. The molecule has 182 valence electrons. The van der Waals surface area contributed by atoms with Gasteiger partial charge in [0.25, 0.3) is 0 Å². The lowest BCUT2D eigenvalue weighted by Gasteiger charge is -2.15. The summed E-state index contributed by atoms with van der Waals surface area (Å²) in [6.07, 6.45) is -0.182. The van der Waals surface area contributed by atoms with Crippen LogP contribution in [0.3, 0.4) is 0 Å². The zero-order chi connectivity index (χ0) is 23.3. The molecule has 1 aliphatic heterocycles. The Morgan fingerprint density at radius 2 is 1.56 bits per heavy atom. The molecule has 0 unspecified atom stereocenters. The van der Waals surface area contributed by atoms with Crippen molar-refractivity contribution in [1.29, 1.82) is 0 Å². The van der Waals surface area contributed by atoms with Gasteiger partial charge in [-0.25, -0.2) is 4.98 Å². The number of aromatic nitrogens is 2. The van der Waals surface area contributed by atoms with Crippen LogP contribution in [0.25, 0.3) is 0 Å². The second kappa shape index (κ2) is 11.4. The van der Waals surface area contributed by atoms with Gasteiger partial charge < -0.3 is 15.4 Å². The first-order valence-electron chi connectivity index (χ1n) is 10.9. The number of hydrogen-bond acceptors (Lipinski definition) is 6. The van der Waals surface area contributed by atoms with Crippen molar-refractivity contribution in [3.63, 3.8) is 0 Å². The zero-order valence-electron chi connectivity index (χ0n) is 18.7. The highest BCUT2D eigenvalue weighted by Gasteiger charge is 2.29. The van der Waals surface area contributed by atoms with E-state index in [0.717, 1.165) is 48.8 Å². The van der Waals surface area contributed by atoms with Crippen LogP contribution < -0.4 is 15.4 Å². The normalized spacial score (nSPS) is 13.9. The summed E-state index contributed by atoms with van der Waals surface area (Å²) in [5.41, 5.74) is 1.37. The van der Waals surface area contributed by atoms with Crippen LogP contribution in [0.15, 0.2) is 54.7 Å². The van der Waals surface area contributed by atoms with Crippen LogP contribution >= 0.6 is 12.4 Å². The number of halogens is 4. The molecule has 6 nitrogen and oxygen atoms in total. The summed E-state index contributed by atoms with van der Waals surface area (Å²) in [7, 11) is 0. The van der Waals surface area contributed by atoms with Gasteiger partial charge in [0.15, 0.2) is 0 Å². The number of anilines is 4. The van der Waals surface area contributed by atoms with Crippen LogP contribution in [0.4, 0.5) is 36.3 Å². The van der Waals surface area contributed by atoms with E-state index in [1.54, 1.807) is 6.20 Å². The largest absolute Gasteiger partial charge is 0.492 e. The van der Waals surface area contributed by atoms with Gasteiger partial charge >= 0.3 is 6.18 Å². The maximum atomic E-state index is 12.8. The van der Waals surface area contributed by atoms with Crippen molar-refractivity contribution < 1.29 is 17.9 Å². The second-order valence-electron chi connectivity index (χ2n) is 7.97. The number of likely N-dealkylation sites (tertiary alicyclic amines) is 1. The molecule has 1 saturated heterocycles. The molecule has 10 heteroatoms. The van der Waals surface area contributed by atoms with Crippen LogP contribution in [-0.2, 0) is 6.18 Å². The number of aryl methyl sites for hydroxylation is 1. The first kappa shape index (κ1) is 25.6. The van der Waals surface area contributed by atoms with E-state index >= 15 is 0 Å². The first-order chi connectivity index (χ1) is 15.9. The van der Waals surface area contributed by atoms with E-state index in [1.165, 1.54) is 25.0 Å². The number of ether oxygens (including phenoxy) is 1. The summed E-state index contributed by atoms with van der Waals surface area (Å²) in [6.45, 7) is 5.72. The minimum atomic E-state index is -4.37. The molecule has 0 aliphatic carbocycles. The highest BCUT2D eigenvalue weighted by Crippen LogP contribution is 2.30. The molecule has 34 heavy (non-hydrogen) atoms. The molecule has 0 bridgehead atoms. The molecule has 1 aliphatic rings. The number of alkyl halides is 3. The lowest BCUT2D eigenvalue weighted by molar-refractivity contribution is -0.137. The Balaban J connectivity index is 0.00000324. The monoisotopic (exact) mass is 493 g/mol. The molecule has 0 spiro atoms. The van der Waals surface area contributed by atoms with Crippen molar-refractivity contribution in [3.8, 4) is 5.75 Å². The number of nitrogens with zero attached hydrogens (tertiary/aromatic N) is 3. The maximum Gasteiger partial charge on any atom is 0.416 e. The fourth-order valence-corrected chi connectivity index (χ4v) is 3.57. The Morgan fingerprint density at radius 3 is 2.21 bits per heavy atom. The Labute approximate surface area is 203 Å². The number of nitrogens with one attached hydrogen (secondary N) is 2. The van der Waals surface area contributed by atoms with Crippen LogP contribution in [0.2, 0.25) is 0 Å². The Kier molecular flexibility index (Phi) is 8.57. The average Bonchev–Trinajstić information content (AvgIpc) is 3.31. The molecule has 0 atom stereocenters. The lowest BCUT2D eigenvalue weighted by atomic mass is 10.2. The topological polar surface area (TPSA) is 62.3 Å². The summed E-state index contributed by atoms with van der Waals surface area (Å²) < 4.78 is 44.1. The third-order valence-electron chi connectivity index (χ3n) is 5.43. The lowest BCUT2D eigenvalue weighted by Crippen LogP contribution is -2.25. The van der Waals surface area contributed by atoms with Crippen molar-refractivity contribution in [3.05, 3.63) is 65.9 Å². The Hall–Kier alpha value is -3.04. The molecular formula is C24H27ClF3N5O. The molecule has 2 N–H and O–H groups in total. The number of benzene rings is 2. The van der Waals surface area contributed by atoms with Crippen molar-refractivity contribution >= 4 is 35.5 Å². The van der Waals surface area contributed by atoms with Gasteiger partial charge in [-0.1, -0.05) is 0 Å². The summed E-state index contributed by atoms with van der Waals surface area (Å²) in [5.74, 6) is 1.68. The smallest absolute Gasteiger partial charge is 0.416 e. The van der Waals surface area contributed by atoms with Crippen molar-refractivity contribution in [2.75, 3.05) is 36.9 Å². The van der Waals surface area contributed by atoms with E-state index in [2.05, 4.69) is 25.5 Å². The van der Waals surface area contributed by atoms with E-state index in [-0.39, 0.29) is 12.4 Å². The standard InChI is InChI=1S/C24H26F3N5O.ClH/c1-17-16-28-23(31-22(17)29-19-6-4-18(5-7-19)24(25,26)27)30-20-8-10-21(11-9-20)33-15-14-32-12-2-3-13-32;/h4-11,16H,2-3,12-15H2,1H3,(H2,28,29,30,31);1H. The Morgan fingerprint density at radius 1 is 0.941 bits per heavy atom. The molecule has 1 aromatic heterocycles. The zero-order valence-corrected chi connectivity index (χ0v) is 19.5. The van der Waals surface area contributed by atoms with E-state index in [9.17, 15) is 13.2 Å². The molecular weight excluding hydrogens is 467 g/mol. The van der Waals surface area contributed by atoms with Crippen LogP contribution in [-0.4, -0.2) is 41.1 Å². The average molecular weight is 494 g/mol. The predicted octanol–water partition coefficient (Wildman–Crippen LogP) is 6.19. The van der Waals surface area contributed by atoms with Gasteiger partial charge in [-0.05, 0) is 81.4 Å². The number of hydrogen-bond donors (Lipinski definition) is 2. The van der Waals surface area contributed by atoms with Gasteiger partial charge in [0.05, 0.1) is 5.56 Å². The van der Waals surface area contributed by atoms with E-state index in [4.69, 9.17) is 4.74 Å². The molecule has 2 heterocycles. The third-order valence-corrected chi connectivity index (χ3v) is 5.43. The van der Waals surface area contributed by atoms with Crippen molar-refractivity contribution in [2.45, 2.75) is 25.9 Å². The van der Waals surface area contributed by atoms with Gasteiger partial charge in [0.2, 0.25) is 5.95 Å². The molecule has 3 aromatic rings. The van der Waals surface area contributed by atoms with Crippen LogP contribution in [0, 0.1) is 6.92 Å². The number of rotatable bonds is 8. The van der Waals surface area contributed by atoms with E-state index in [1.807, 2.05) is 31.2 Å². The first-order valence-corrected chi connectivity index (χ1v) is 10.9. The molecule has 2 aromatic carbocycles.